The van der Waals surface area contributed by atoms with Crippen molar-refractivity contribution in [3.8, 4) is 0 Å². The molecule has 1 aromatic carbocycles. The van der Waals surface area contributed by atoms with Crippen LogP contribution in [0.3, 0.4) is 0 Å². The minimum absolute atomic E-state index is 0.00251. The van der Waals surface area contributed by atoms with E-state index >= 15 is 0 Å². The molecule has 0 aliphatic carbocycles. The van der Waals surface area contributed by atoms with Crippen LogP contribution in [0.4, 0.5) is 5.69 Å². The molecule has 30 nitrogen and oxygen atoms in total. The molecule has 75 heavy (non-hydrogen) atoms. The van der Waals surface area contributed by atoms with Crippen molar-refractivity contribution in [3.63, 3.8) is 0 Å². The number of carboxylic acids is 2. The first-order valence-electron chi connectivity index (χ1n) is 23.3. The lowest BCUT2D eigenvalue weighted by molar-refractivity contribution is -0.155. The number of carbonyl (C=O) groups is 13. The number of Topliss-reactive ketones (excluding diaryl/α,β-unsaturated/α-hetero) is 1. The third-order valence-corrected chi connectivity index (χ3v) is 11.1. The van der Waals surface area contributed by atoms with Crippen LogP contribution < -0.4 is 64.6 Å². The molecule has 1 aromatic rings. The van der Waals surface area contributed by atoms with Gasteiger partial charge in [0.25, 0.3) is 0 Å². The number of nitrogen functional groups attached to an aromatic ring is 1. The number of benzene rings is 1. The quantitative estimate of drug-likeness (QED) is 0.0336. The number of para-hydroxylation sites is 1. The Morgan fingerprint density at radius 3 is 1.80 bits per heavy atom. The number of aliphatic hydroxyl groups excluding tert-OH is 2. The van der Waals surface area contributed by atoms with Gasteiger partial charge in [-0.2, -0.15) is 0 Å². The summed E-state index contributed by atoms with van der Waals surface area (Å²) in [6.07, 6.45) is -4.90. The number of cyclic esters (lactones) is 1. The van der Waals surface area contributed by atoms with E-state index in [2.05, 4.69) is 59.7 Å². The van der Waals surface area contributed by atoms with Gasteiger partial charge in [-0.1, -0.05) is 25.6 Å². The van der Waals surface area contributed by atoms with E-state index in [0.29, 0.717) is 0 Å². The predicted octanol–water partition coefficient (Wildman–Crippen LogP) is -6.20. The number of ether oxygens (including phenoxy) is 1. The van der Waals surface area contributed by atoms with Crippen molar-refractivity contribution in [2.24, 2.45) is 11.7 Å². The monoisotopic (exact) mass is 1060 g/mol. The van der Waals surface area contributed by atoms with E-state index in [4.69, 9.17) is 16.2 Å². The van der Waals surface area contributed by atoms with Gasteiger partial charge in [-0.25, -0.2) is 4.79 Å². The summed E-state index contributed by atoms with van der Waals surface area (Å²) >= 11 is 0. The van der Waals surface area contributed by atoms with E-state index in [1.54, 1.807) is 0 Å². The predicted molar refractivity (Wildman–Crippen MR) is 259 cm³/mol. The molecule has 1 fully saturated rings. The molecule has 1 saturated heterocycles. The summed E-state index contributed by atoms with van der Waals surface area (Å²) in [6, 6.07) is -8.22. The number of aliphatic hydroxyl groups is 2. The van der Waals surface area contributed by atoms with Crippen LogP contribution >= 0.6 is 0 Å². The van der Waals surface area contributed by atoms with Crippen LogP contribution in [0, 0.1) is 5.92 Å². The first kappa shape index (κ1) is 62.9. The highest BCUT2D eigenvalue weighted by Crippen LogP contribution is 2.17. The molecule has 18 N–H and O–H groups in total. The molecule has 1 aliphatic heterocycles. The molecule has 2 rings (SSSR count). The molecule has 1 heterocycles. The topological polar surface area (TPSA) is 484 Å². The van der Waals surface area contributed by atoms with Crippen molar-refractivity contribution in [2.45, 2.75) is 114 Å². The Hall–Kier alpha value is -8.25. The zero-order valence-electron chi connectivity index (χ0n) is 41.5. The maximum absolute atomic E-state index is 14.1. The number of hydrogen-bond donors (Lipinski definition) is 16. The van der Waals surface area contributed by atoms with Crippen LogP contribution in [-0.2, 0) is 62.3 Å². The van der Waals surface area contributed by atoms with E-state index in [1.165, 1.54) is 45.2 Å². The van der Waals surface area contributed by atoms with Crippen molar-refractivity contribution in [1.29, 1.82) is 0 Å². The number of esters is 1. The lowest BCUT2D eigenvalue weighted by Gasteiger charge is -2.29. The molecule has 1 aliphatic rings. The van der Waals surface area contributed by atoms with Crippen molar-refractivity contribution in [3.05, 3.63) is 42.2 Å². The van der Waals surface area contributed by atoms with Gasteiger partial charge < -0.3 is 89.8 Å². The van der Waals surface area contributed by atoms with Gasteiger partial charge in [0.1, 0.15) is 54.4 Å². The summed E-state index contributed by atoms with van der Waals surface area (Å²) in [5.41, 5.74) is 11.5. The molecular weight excluding hydrogens is 997 g/mol. The minimum Gasteiger partial charge on any atom is -0.513 e. The summed E-state index contributed by atoms with van der Waals surface area (Å²) in [4.78, 5) is 172. The largest absolute Gasteiger partial charge is 0.513 e. The molecular formula is C45H66N12O18. The van der Waals surface area contributed by atoms with Crippen molar-refractivity contribution < 1.29 is 87.5 Å². The zero-order chi connectivity index (χ0) is 56.7. The van der Waals surface area contributed by atoms with Crippen LogP contribution in [0.2, 0.25) is 0 Å². The van der Waals surface area contributed by atoms with Gasteiger partial charge in [-0.3, -0.25) is 57.5 Å². The molecule has 30 heteroatoms. The van der Waals surface area contributed by atoms with Gasteiger partial charge in [0, 0.05) is 24.1 Å². The Morgan fingerprint density at radius 2 is 1.24 bits per heavy atom. The zero-order valence-corrected chi connectivity index (χ0v) is 41.5. The highest BCUT2D eigenvalue weighted by atomic mass is 16.5. The fraction of sp³-hybridized carbons (Fsp3) is 0.533. The standard InChI is InChI=1S/C45H66N12O18/c1-20(13-34(63)64)36-44(73)56-29(15-31(60)24-9-6-7-10-25(24)47)45(74)75-23(4)37(48-5)43(72)50-18-32(61)52-26(11-8-12-46)40(69)55-28(16-35(65)66)41(70)51-22(3)38(67)54-27(14-21(2)59)39(68)49-17-33(62)53-30(19-58)42(71)57-36/h6-7,9-10,20,22-23,26-30,36-37,48,58-59H,2,8,11-19,46-47H2,1,3-5H3,(H,49,68)(H,50,72)(H,51,70)(H,52,61)(H,53,62)(H,54,67)(H,55,69)(H,56,73)(H,57,71)(H,63,64)(H,65,66). The third-order valence-electron chi connectivity index (χ3n) is 11.1. The summed E-state index contributed by atoms with van der Waals surface area (Å²) in [7, 11) is 1.27. The highest BCUT2D eigenvalue weighted by molar-refractivity contribution is 6.04. The molecule has 9 amide bonds. The third kappa shape index (κ3) is 21.0. The van der Waals surface area contributed by atoms with E-state index < -0.39 is 188 Å². The minimum atomic E-state index is -1.95. The smallest absolute Gasteiger partial charge is 0.329 e. The van der Waals surface area contributed by atoms with Gasteiger partial charge >= 0.3 is 17.9 Å². The number of ketones is 1. The lowest BCUT2D eigenvalue weighted by atomic mass is 9.96. The number of carbonyl (C=O) groups excluding carboxylic acids is 11. The average molecular weight is 1060 g/mol. The molecule has 0 aromatic heterocycles. The van der Waals surface area contributed by atoms with Crippen LogP contribution in [0.15, 0.2) is 36.6 Å². The fourth-order valence-corrected chi connectivity index (χ4v) is 7.15. The van der Waals surface area contributed by atoms with Gasteiger partial charge in [-0.15, -0.1) is 0 Å². The van der Waals surface area contributed by atoms with Crippen LogP contribution in [-0.4, -0.2) is 185 Å². The number of likely N-dealkylation sites (N-methyl/N-ethyl adjacent to an activating group) is 1. The maximum Gasteiger partial charge on any atom is 0.329 e. The lowest BCUT2D eigenvalue weighted by Crippen LogP contribution is -2.60. The summed E-state index contributed by atoms with van der Waals surface area (Å²) in [6.45, 7) is 3.86. The molecule has 0 radical (unpaired) electrons. The van der Waals surface area contributed by atoms with E-state index in [9.17, 15) is 82.8 Å². The first-order valence-corrected chi connectivity index (χ1v) is 23.3. The summed E-state index contributed by atoms with van der Waals surface area (Å²) in [5, 5.41) is 61.8. The Labute approximate surface area is 429 Å². The number of carboxylic acid groups (broad SMARTS) is 2. The molecule has 10 unspecified atom stereocenters. The molecule has 0 saturated carbocycles. The SMILES string of the molecule is C=C(O)CC1NC(=O)C(C)NC(=O)C(CC(=O)O)NC(=O)C(CCCN)NC(=O)CNC(=O)C(NC)C(C)OC(=O)C(CC(=O)c2ccccc2N)NC(=O)C(C(C)CC(=O)O)NC(=O)C(CO)NC(=O)CNC1=O. The van der Waals surface area contributed by atoms with Gasteiger partial charge in [0.15, 0.2) is 5.78 Å². The van der Waals surface area contributed by atoms with Crippen molar-refractivity contribution >= 4 is 82.5 Å². The number of aliphatic carboxylic acids is 2. The number of anilines is 1. The second-order valence-corrected chi connectivity index (χ2v) is 17.3. The second kappa shape index (κ2) is 30.7. The normalized spacial score (nSPS) is 25.3. The molecule has 0 bridgehead atoms. The fourth-order valence-electron chi connectivity index (χ4n) is 7.15. The van der Waals surface area contributed by atoms with Gasteiger partial charge in [0.05, 0.1) is 38.3 Å². The Kier molecular flexibility index (Phi) is 25.7. The van der Waals surface area contributed by atoms with Crippen molar-refractivity contribution in [1.82, 2.24) is 53.2 Å². The Bertz CT molecular complexity index is 2320. The number of rotatable bonds is 15. The van der Waals surface area contributed by atoms with E-state index in [0.717, 1.165) is 6.92 Å². The number of amides is 9. The second-order valence-electron chi connectivity index (χ2n) is 17.3. The van der Waals surface area contributed by atoms with Crippen LogP contribution in [0.25, 0.3) is 0 Å². The average Bonchev–Trinajstić information content (AvgIpc) is 3.33. The molecule has 10 atom stereocenters. The van der Waals surface area contributed by atoms with Gasteiger partial charge in [0.2, 0.25) is 53.2 Å². The number of nitrogens with one attached hydrogen (secondary N) is 10. The Balaban J connectivity index is 2.68. The maximum atomic E-state index is 14.1. The van der Waals surface area contributed by atoms with Crippen LogP contribution in [0.5, 0.6) is 0 Å². The highest BCUT2D eigenvalue weighted by Gasteiger charge is 2.38. The van der Waals surface area contributed by atoms with E-state index in [-0.39, 0.29) is 30.6 Å². The first-order chi connectivity index (χ1) is 35.2. The summed E-state index contributed by atoms with van der Waals surface area (Å²) < 4.78 is 5.55. The molecule has 0 spiro atoms. The van der Waals surface area contributed by atoms with Crippen LogP contribution in [0.1, 0.15) is 69.7 Å². The van der Waals surface area contributed by atoms with Crippen molar-refractivity contribution in [2.75, 3.05) is 39.0 Å². The van der Waals surface area contributed by atoms with Gasteiger partial charge in [-0.05, 0) is 58.3 Å². The Morgan fingerprint density at radius 1 is 0.693 bits per heavy atom. The van der Waals surface area contributed by atoms with E-state index in [1.807, 2.05) is 0 Å². The summed E-state index contributed by atoms with van der Waals surface area (Å²) in [5.74, 6) is -17.4. The number of hydrogen-bond acceptors (Lipinski definition) is 19. The number of nitrogens with two attached hydrogens (primary N) is 2. The molecule has 414 valence electrons.